The number of hydrogen-bond acceptors (Lipinski definition) is 6. The third kappa shape index (κ3) is 2.92. The first-order valence-corrected chi connectivity index (χ1v) is 9.52. The first-order valence-electron chi connectivity index (χ1n) is 8.03. The average Bonchev–Trinajstić information content (AvgIpc) is 3.41. The van der Waals surface area contributed by atoms with Gasteiger partial charge in [0.05, 0.1) is 36.8 Å². The number of aliphatic hydroxyl groups is 1. The second-order valence-corrected chi connectivity index (χ2v) is 7.81. The normalized spacial score (nSPS) is 16.0. The number of nitrogens with one attached hydrogen (secondary N) is 1. The van der Waals surface area contributed by atoms with Gasteiger partial charge in [-0.2, -0.15) is 0 Å². The largest absolute Gasteiger partial charge is 0.493 e. The highest BCUT2D eigenvalue weighted by molar-refractivity contribution is 7.89. The molecular weight excluding hydrogens is 358 g/mol. The predicted octanol–water partition coefficient (Wildman–Crippen LogP) is 2.02. The highest BCUT2D eigenvalue weighted by atomic mass is 32.2. The SMILES string of the molecule is O=S(=O)(NCC(O)(c1ccoc1)c1ccco1)c1ccc2c(c1)CCO2. The van der Waals surface area contributed by atoms with E-state index in [4.69, 9.17) is 13.6 Å². The van der Waals surface area contributed by atoms with Crippen LogP contribution in [0.25, 0.3) is 0 Å². The molecule has 0 fully saturated rings. The molecule has 3 heterocycles. The maximum atomic E-state index is 12.7. The van der Waals surface area contributed by atoms with Gasteiger partial charge in [-0.05, 0) is 42.0 Å². The fourth-order valence-electron chi connectivity index (χ4n) is 2.96. The van der Waals surface area contributed by atoms with E-state index in [1.807, 2.05) is 0 Å². The summed E-state index contributed by atoms with van der Waals surface area (Å²) in [5, 5.41) is 11.1. The summed E-state index contributed by atoms with van der Waals surface area (Å²) in [6.45, 7) is 0.237. The van der Waals surface area contributed by atoms with E-state index in [2.05, 4.69) is 4.72 Å². The molecule has 7 nitrogen and oxygen atoms in total. The Bertz CT molecular complexity index is 958. The molecule has 0 saturated heterocycles. The number of fused-ring (bicyclic) bond motifs is 1. The lowest BCUT2D eigenvalue weighted by molar-refractivity contribution is 0.0613. The Hall–Kier alpha value is -2.55. The summed E-state index contributed by atoms with van der Waals surface area (Å²) in [6, 6.07) is 9.48. The molecule has 1 aliphatic heterocycles. The predicted molar refractivity (Wildman–Crippen MR) is 91.2 cm³/mol. The van der Waals surface area contributed by atoms with Crippen molar-refractivity contribution in [1.29, 1.82) is 0 Å². The Labute approximate surface area is 150 Å². The van der Waals surface area contributed by atoms with E-state index < -0.39 is 15.6 Å². The van der Waals surface area contributed by atoms with E-state index in [-0.39, 0.29) is 17.2 Å². The van der Waals surface area contributed by atoms with Crippen molar-refractivity contribution in [3.05, 3.63) is 72.1 Å². The van der Waals surface area contributed by atoms with E-state index in [1.54, 1.807) is 30.3 Å². The topological polar surface area (TPSA) is 102 Å². The van der Waals surface area contributed by atoms with Gasteiger partial charge in [-0.1, -0.05) is 0 Å². The monoisotopic (exact) mass is 375 g/mol. The summed E-state index contributed by atoms with van der Waals surface area (Å²) >= 11 is 0. The number of furan rings is 2. The fourth-order valence-corrected chi connectivity index (χ4v) is 4.07. The molecule has 2 aromatic heterocycles. The molecule has 8 heteroatoms. The quantitative estimate of drug-likeness (QED) is 0.683. The number of ether oxygens (including phenoxy) is 1. The Balaban J connectivity index is 1.61. The first kappa shape index (κ1) is 16.9. The minimum absolute atomic E-state index is 0.121. The second kappa shape index (κ2) is 6.31. The van der Waals surface area contributed by atoms with Gasteiger partial charge in [0.25, 0.3) is 0 Å². The number of rotatable bonds is 6. The first-order chi connectivity index (χ1) is 12.5. The summed E-state index contributed by atoms with van der Waals surface area (Å²) < 4.78 is 43.6. The van der Waals surface area contributed by atoms with Gasteiger partial charge in [0.15, 0.2) is 5.60 Å². The van der Waals surface area contributed by atoms with Crippen LogP contribution in [0.2, 0.25) is 0 Å². The van der Waals surface area contributed by atoms with E-state index in [0.717, 1.165) is 5.56 Å². The van der Waals surface area contributed by atoms with Crippen molar-refractivity contribution in [3.63, 3.8) is 0 Å². The third-order valence-electron chi connectivity index (χ3n) is 4.42. The maximum Gasteiger partial charge on any atom is 0.240 e. The molecule has 3 aromatic rings. The summed E-state index contributed by atoms with van der Waals surface area (Å²) in [5.74, 6) is 0.915. The molecule has 0 aliphatic carbocycles. The highest BCUT2D eigenvalue weighted by Gasteiger charge is 2.37. The molecule has 2 N–H and O–H groups in total. The van der Waals surface area contributed by atoms with Crippen LogP contribution >= 0.6 is 0 Å². The van der Waals surface area contributed by atoms with Gasteiger partial charge in [0, 0.05) is 12.0 Å². The van der Waals surface area contributed by atoms with Crippen molar-refractivity contribution in [2.75, 3.05) is 13.2 Å². The van der Waals surface area contributed by atoms with Crippen LogP contribution in [0, 0.1) is 0 Å². The third-order valence-corrected chi connectivity index (χ3v) is 5.82. The highest BCUT2D eigenvalue weighted by Crippen LogP contribution is 2.31. The molecule has 0 radical (unpaired) electrons. The van der Waals surface area contributed by atoms with Crippen LogP contribution in [0.4, 0.5) is 0 Å². The number of hydrogen-bond donors (Lipinski definition) is 2. The molecule has 0 bridgehead atoms. The van der Waals surface area contributed by atoms with Crippen LogP contribution in [-0.2, 0) is 22.0 Å². The minimum atomic E-state index is -3.84. The van der Waals surface area contributed by atoms with Crippen molar-refractivity contribution < 1.29 is 27.1 Å². The van der Waals surface area contributed by atoms with Crippen molar-refractivity contribution in [3.8, 4) is 5.75 Å². The molecular formula is C18H17NO6S. The van der Waals surface area contributed by atoms with Gasteiger partial charge < -0.3 is 18.7 Å². The van der Waals surface area contributed by atoms with E-state index in [0.29, 0.717) is 24.3 Å². The minimum Gasteiger partial charge on any atom is -0.493 e. The zero-order valence-electron chi connectivity index (χ0n) is 13.7. The fraction of sp³-hybridized carbons (Fsp3) is 0.222. The average molecular weight is 375 g/mol. The van der Waals surface area contributed by atoms with Crippen molar-refractivity contribution in [2.45, 2.75) is 16.9 Å². The zero-order chi connectivity index (χ0) is 18.2. The van der Waals surface area contributed by atoms with Crippen molar-refractivity contribution in [2.24, 2.45) is 0 Å². The van der Waals surface area contributed by atoms with Crippen LogP contribution in [-0.4, -0.2) is 26.7 Å². The lowest BCUT2D eigenvalue weighted by Gasteiger charge is -2.25. The molecule has 26 heavy (non-hydrogen) atoms. The van der Waals surface area contributed by atoms with Gasteiger partial charge in [-0.25, -0.2) is 13.1 Å². The van der Waals surface area contributed by atoms with Gasteiger partial charge >= 0.3 is 0 Å². The Morgan fingerprint density at radius 1 is 1.19 bits per heavy atom. The van der Waals surface area contributed by atoms with Crippen LogP contribution < -0.4 is 9.46 Å². The summed E-state index contributed by atoms with van der Waals surface area (Å²) in [5.41, 5.74) is -0.454. The lowest BCUT2D eigenvalue weighted by atomic mass is 9.94. The second-order valence-electron chi connectivity index (χ2n) is 6.04. The lowest BCUT2D eigenvalue weighted by Crippen LogP contribution is -2.41. The summed E-state index contributed by atoms with van der Waals surface area (Å²) in [4.78, 5) is 0.121. The van der Waals surface area contributed by atoms with Crippen LogP contribution in [0.1, 0.15) is 16.9 Å². The standard InChI is InChI=1S/C18H17NO6S/c20-18(14-6-8-23-11-14,17-2-1-7-25-17)12-19-26(21,22)15-3-4-16-13(10-15)5-9-24-16/h1-4,6-8,10-11,19-20H,5,9,12H2. The molecule has 0 saturated carbocycles. The maximum absolute atomic E-state index is 12.7. The van der Waals surface area contributed by atoms with Crippen LogP contribution in [0.15, 0.2) is 68.9 Å². The van der Waals surface area contributed by atoms with E-state index in [1.165, 1.54) is 24.9 Å². The zero-order valence-corrected chi connectivity index (χ0v) is 14.5. The molecule has 0 amide bonds. The molecule has 1 unspecified atom stereocenters. The van der Waals surface area contributed by atoms with Gasteiger partial charge in [-0.15, -0.1) is 0 Å². The Morgan fingerprint density at radius 3 is 2.81 bits per heavy atom. The molecule has 1 aromatic carbocycles. The number of benzene rings is 1. The van der Waals surface area contributed by atoms with E-state index >= 15 is 0 Å². The Morgan fingerprint density at radius 2 is 2.08 bits per heavy atom. The molecule has 0 spiro atoms. The summed E-state index contributed by atoms with van der Waals surface area (Å²) in [7, 11) is -3.84. The smallest absolute Gasteiger partial charge is 0.240 e. The van der Waals surface area contributed by atoms with Gasteiger partial charge in [0.1, 0.15) is 11.5 Å². The Kier molecular flexibility index (Phi) is 4.10. The van der Waals surface area contributed by atoms with Gasteiger partial charge in [-0.3, -0.25) is 0 Å². The molecule has 4 rings (SSSR count). The summed E-state index contributed by atoms with van der Waals surface area (Å²) in [6.07, 6.45) is 4.83. The van der Waals surface area contributed by atoms with Crippen molar-refractivity contribution in [1.82, 2.24) is 4.72 Å². The molecule has 1 aliphatic rings. The van der Waals surface area contributed by atoms with E-state index in [9.17, 15) is 13.5 Å². The molecule has 1 atom stereocenters. The van der Waals surface area contributed by atoms with Gasteiger partial charge in [0.2, 0.25) is 10.0 Å². The number of sulfonamides is 1. The molecule has 136 valence electrons. The van der Waals surface area contributed by atoms with Crippen molar-refractivity contribution >= 4 is 10.0 Å². The van der Waals surface area contributed by atoms with Crippen LogP contribution in [0.5, 0.6) is 5.75 Å². The van der Waals surface area contributed by atoms with Crippen LogP contribution in [0.3, 0.4) is 0 Å².